The summed E-state index contributed by atoms with van der Waals surface area (Å²) in [5.41, 5.74) is 7.12. The highest BCUT2D eigenvalue weighted by Gasteiger charge is 2.72. The molecule has 6 heteroatoms. The van der Waals surface area contributed by atoms with E-state index in [4.69, 9.17) is 5.11 Å². The van der Waals surface area contributed by atoms with E-state index in [9.17, 15) is 15.0 Å². The minimum absolute atomic E-state index is 0.0306. The molecular formula is C24H40N2O4. The van der Waals surface area contributed by atoms with Gasteiger partial charge in [-0.2, -0.15) is 0 Å². The van der Waals surface area contributed by atoms with Crippen LogP contribution >= 0.6 is 0 Å². The van der Waals surface area contributed by atoms with Crippen molar-refractivity contribution >= 4 is 5.97 Å². The van der Waals surface area contributed by atoms with Crippen LogP contribution in [0.5, 0.6) is 0 Å². The molecule has 4 saturated carbocycles. The van der Waals surface area contributed by atoms with Gasteiger partial charge in [0.25, 0.3) is 0 Å². The zero-order chi connectivity index (χ0) is 21.5. The van der Waals surface area contributed by atoms with E-state index in [-0.39, 0.29) is 35.1 Å². The average Bonchev–Trinajstić information content (AvgIpc) is 3.35. The van der Waals surface area contributed by atoms with Crippen molar-refractivity contribution in [3.05, 3.63) is 0 Å². The van der Waals surface area contributed by atoms with Crippen LogP contribution < -0.4 is 10.9 Å². The zero-order valence-corrected chi connectivity index (χ0v) is 18.7. The van der Waals surface area contributed by atoms with Crippen molar-refractivity contribution in [2.24, 2.45) is 46.3 Å². The smallest absolute Gasteiger partial charge is 0.303 e. The van der Waals surface area contributed by atoms with Crippen molar-refractivity contribution in [1.82, 2.24) is 10.9 Å². The first-order chi connectivity index (χ1) is 14.1. The Kier molecular flexibility index (Phi) is 4.87. The molecule has 30 heavy (non-hydrogen) atoms. The average molecular weight is 421 g/mol. The van der Waals surface area contributed by atoms with Crippen molar-refractivity contribution in [2.45, 2.75) is 96.4 Å². The zero-order valence-electron chi connectivity index (χ0n) is 18.7. The van der Waals surface area contributed by atoms with Crippen molar-refractivity contribution < 1.29 is 20.1 Å². The predicted octanol–water partition coefficient (Wildman–Crippen LogP) is 2.89. The molecule has 5 fully saturated rings. The Morgan fingerprint density at radius 3 is 2.50 bits per heavy atom. The van der Waals surface area contributed by atoms with Crippen LogP contribution in [-0.4, -0.2) is 39.2 Å². The van der Waals surface area contributed by atoms with Crippen LogP contribution in [0.4, 0.5) is 0 Å². The number of carbonyl (C=O) groups is 1. The van der Waals surface area contributed by atoms with Crippen LogP contribution in [-0.2, 0) is 4.79 Å². The first-order valence-electron chi connectivity index (χ1n) is 12.2. The van der Waals surface area contributed by atoms with Gasteiger partial charge in [-0.3, -0.25) is 4.79 Å². The first kappa shape index (κ1) is 21.2. The molecule has 0 aromatic rings. The summed E-state index contributed by atoms with van der Waals surface area (Å²) in [5, 5.41) is 31.1. The molecule has 170 valence electrons. The maximum atomic E-state index is 11.6. The van der Waals surface area contributed by atoms with Crippen LogP contribution in [0.15, 0.2) is 0 Å². The van der Waals surface area contributed by atoms with Crippen molar-refractivity contribution in [2.75, 3.05) is 0 Å². The van der Waals surface area contributed by atoms with E-state index in [2.05, 4.69) is 31.6 Å². The fraction of sp³-hybridized carbons (Fsp3) is 0.958. The van der Waals surface area contributed by atoms with Gasteiger partial charge in [0.15, 0.2) is 0 Å². The number of carboxylic acids is 1. The van der Waals surface area contributed by atoms with Gasteiger partial charge in [-0.15, -0.1) is 0 Å². The van der Waals surface area contributed by atoms with Gasteiger partial charge >= 0.3 is 5.97 Å². The molecule has 0 aromatic heterocycles. The van der Waals surface area contributed by atoms with Crippen LogP contribution in [0.25, 0.3) is 0 Å². The normalized spacial score (nSPS) is 52.2. The number of aliphatic hydroxyl groups is 2. The lowest BCUT2D eigenvalue weighted by Gasteiger charge is -2.64. The second-order valence-corrected chi connectivity index (χ2v) is 12.0. The SMILES string of the molecule is C[C@@H](CCC(=O)O)[C@@H]1CC[C@@H]2[C@H]3[C@@H](C[C@H](O)[C@@]21C)[C@@]1(C)CC[C@@H](O)C[C@H]1CC31NN1. The largest absolute Gasteiger partial charge is 0.481 e. The summed E-state index contributed by atoms with van der Waals surface area (Å²) in [5.74, 6) is 1.89. The summed E-state index contributed by atoms with van der Waals surface area (Å²) >= 11 is 0. The highest BCUT2D eigenvalue weighted by atomic mass is 16.4. The van der Waals surface area contributed by atoms with Gasteiger partial charge in [0.1, 0.15) is 0 Å². The van der Waals surface area contributed by atoms with Gasteiger partial charge in [0.05, 0.1) is 17.9 Å². The lowest BCUT2D eigenvalue weighted by atomic mass is 9.42. The summed E-state index contributed by atoms with van der Waals surface area (Å²) in [6.07, 6.45) is 7.37. The summed E-state index contributed by atoms with van der Waals surface area (Å²) < 4.78 is 0. The predicted molar refractivity (Wildman–Crippen MR) is 113 cm³/mol. The third-order valence-corrected chi connectivity index (χ3v) is 10.9. The fourth-order valence-electron chi connectivity index (χ4n) is 9.13. The number of rotatable bonds is 4. The van der Waals surface area contributed by atoms with Gasteiger partial charge < -0.3 is 15.3 Å². The Bertz CT molecular complexity index is 711. The number of fused-ring (bicyclic) bond motifs is 6. The molecule has 1 saturated heterocycles. The molecule has 0 radical (unpaired) electrons. The van der Waals surface area contributed by atoms with Gasteiger partial charge in [-0.25, -0.2) is 10.9 Å². The second-order valence-electron chi connectivity index (χ2n) is 12.0. The first-order valence-corrected chi connectivity index (χ1v) is 12.2. The molecule has 4 aliphatic carbocycles. The maximum absolute atomic E-state index is 11.6. The Hall–Kier alpha value is -0.690. The Morgan fingerprint density at radius 2 is 1.83 bits per heavy atom. The minimum atomic E-state index is -0.720. The van der Waals surface area contributed by atoms with E-state index in [0.717, 1.165) is 44.9 Å². The van der Waals surface area contributed by atoms with E-state index < -0.39 is 5.97 Å². The van der Waals surface area contributed by atoms with Gasteiger partial charge in [0, 0.05) is 6.42 Å². The molecule has 10 atom stereocenters. The van der Waals surface area contributed by atoms with E-state index in [0.29, 0.717) is 41.9 Å². The van der Waals surface area contributed by atoms with Crippen molar-refractivity contribution in [3.63, 3.8) is 0 Å². The van der Waals surface area contributed by atoms with Crippen LogP contribution in [0.2, 0.25) is 0 Å². The summed E-state index contributed by atoms with van der Waals surface area (Å²) in [6.45, 7) is 6.94. The highest BCUT2D eigenvalue weighted by Crippen LogP contribution is 2.70. The lowest BCUT2D eigenvalue weighted by Crippen LogP contribution is -2.64. The second kappa shape index (κ2) is 6.90. The molecule has 0 aromatic carbocycles. The molecule has 1 heterocycles. The van der Waals surface area contributed by atoms with E-state index in [1.54, 1.807) is 0 Å². The van der Waals surface area contributed by atoms with Gasteiger partial charge in [0.2, 0.25) is 0 Å². The summed E-state index contributed by atoms with van der Waals surface area (Å²) in [6, 6.07) is 0. The van der Waals surface area contributed by atoms with Crippen molar-refractivity contribution in [1.29, 1.82) is 0 Å². The summed E-state index contributed by atoms with van der Waals surface area (Å²) in [7, 11) is 0. The molecule has 1 spiro atoms. The summed E-state index contributed by atoms with van der Waals surface area (Å²) in [4.78, 5) is 11.1. The third-order valence-electron chi connectivity index (χ3n) is 10.9. The molecule has 5 N–H and O–H groups in total. The number of carboxylic acid groups (broad SMARTS) is 1. The number of hydrogen-bond acceptors (Lipinski definition) is 5. The maximum Gasteiger partial charge on any atom is 0.303 e. The van der Waals surface area contributed by atoms with Gasteiger partial charge in [-0.05, 0) is 97.7 Å². The van der Waals surface area contributed by atoms with E-state index >= 15 is 0 Å². The third kappa shape index (κ3) is 2.86. The topological polar surface area (TPSA) is 122 Å². The van der Waals surface area contributed by atoms with E-state index in [1.165, 1.54) is 0 Å². The number of nitrogens with one attached hydrogen (secondary N) is 2. The number of aliphatic hydroxyl groups excluding tert-OH is 2. The fourth-order valence-corrected chi connectivity index (χ4v) is 9.13. The Labute approximate surface area is 180 Å². The molecule has 0 amide bonds. The molecule has 0 bridgehead atoms. The molecule has 6 nitrogen and oxygen atoms in total. The molecule has 0 unspecified atom stereocenters. The monoisotopic (exact) mass is 420 g/mol. The molecule has 1 aliphatic heterocycles. The lowest BCUT2D eigenvalue weighted by molar-refractivity contribution is -0.187. The number of aliphatic carboxylic acids is 1. The molecule has 5 aliphatic rings. The van der Waals surface area contributed by atoms with Gasteiger partial charge in [-0.1, -0.05) is 20.8 Å². The Balaban J connectivity index is 1.46. The number of hydrogen-bond donors (Lipinski definition) is 5. The Morgan fingerprint density at radius 1 is 1.10 bits per heavy atom. The minimum Gasteiger partial charge on any atom is -0.481 e. The standard InChI is InChI=1S/C24H40N2O4/c1-13(4-7-20(29)30)16-5-6-17-21-18(11-19(28)23(16,17)3)22(2)9-8-15(27)10-14(22)12-24(21)25-26-24/h13-19,21,25-28H,4-12H2,1-3H3,(H,29,30)/t13-,14-,15+,16-,17+,18+,19-,21-,22-,23+/m0/s1. The molecular weight excluding hydrogens is 380 g/mol. The number of hydrazine groups is 1. The van der Waals surface area contributed by atoms with Crippen LogP contribution in [0.1, 0.15) is 78.6 Å². The van der Waals surface area contributed by atoms with Crippen LogP contribution in [0.3, 0.4) is 0 Å². The molecule has 5 rings (SSSR count). The van der Waals surface area contributed by atoms with Crippen molar-refractivity contribution in [3.8, 4) is 0 Å². The highest BCUT2D eigenvalue weighted by molar-refractivity contribution is 5.66. The quantitative estimate of drug-likeness (QED) is 0.446. The van der Waals surface area contributed by atoms with Crippen LogP contribution in [0, 0.1) is 46.3 Å². The van der Waals surface area contributed by atoms with E-state index in [1.807, 2.05) is 0 Å².